The number of thioether (sulfide) groups is 2. The van der Waals surface area contributed by atoms with Crippen LogP contribution >= 0.6 is 23.5 Å². The number of aromatic nitrogens is 2. The van der Waals surface area contributed by atoms with Gasteiger partial charge in [-0.25, -0.2) is 4.98 Å². The molecule has 130 valence electrons. The Morgan fingerprint density at radius 3 is 2.42 bits per heavy atom. The molecule has 1 aliphatic heterocycles. The zero-order chi connectivity index (χ0) is 17.0. The SMILES string of the molecule is FC(F)(F)c1ccc(CCC2(Cn3ccnc3)SCCCS2)cc1. The number of hydrogen-bond acceptors (Lipinski definition) is 3. The normalized spacial score (nSPS) is 17.8. The predicted octanol–water partition coefficient (Wildman–Crippen LogP) is 5.10. The van der Waals surface area contributed by atoms with E-state index in [-0.39, 0.29) is 4.08 Å². The summed E-state index contributed by atoms with van der Waals surface area (Å²) in [5.41, 5.74) is 0.376. The van der Waals surface area contributed by atoms with Crippen LogP contribution in [0.5, 0.6) is 0 Å². The van der Waals surface area contributed by atoms with E-state index in [1.165, 1.54) is 18.6 Å². The quantitative estimate of drug-likeness (QED) is 0.727. The first-order valence-electron chi connectivity index (χ1n) is 7.87. The highest BCUT2D eigenvalue weighted by Gasteiger charge is 2.34. The van der Waals surface area contributed by atoms with Crippen LogP contribution in [0.25, 0.3) is 0 Å². The lowest BCUT2D eigenvalue weighted by Crippen LogP contribution is -2.31. The summed E-state index contributed by atoms with van der Waals surface area (Å²) in [6.07, 6.45) is 4.24. The molecule has 1 fully saturated rings. The molecule has 0 atom stereocenters. The van der Waals surface area contributed by atoms with Gasteiger partial charge in [0.15, 0.2) is 0 Å². The van der Waals surface area contributed by atoms with E-state index in [1.807, 2.05) is 36.0 Å². The van der Waals surface area contributed by atoms with Gasteiger partial charge in [-0.1, -0.05) is 12.1 Å². The van der Waals surface area contributed by atoms with Crippen LogP contribution in [0.3, 0.4) is 0 Å². The van der Waals surface area contributed by atoms with Crippen molar-refractivity contribution in [3.8, 4) is 0 Å². The Bertz CT molecular complexity index is 633. The van der Waals surface area contributed by atoms with Gasteiger partial charge in [-0.3, -0.25) is 0 Å². The van der Waals surface area contributed by atoms with E-state index < -0.39 is 11.7 Å². The topological polar surface area (TPSA) is 17.8 Å². The van der Waals surface area contributed by atoms with E-state index in [9.17, 15) is 13.2 Å². The first kappa shape index (κ1) is 17.7. The molecule has 1 aromatic carbocycles. The van der Waals surface area contributed by atoms with E-state index >= 15 is 0 Å². The molecule has 0 bridgehead atoms. The van der Waals surface area contributed by atoms with Crippen LogP contribution in [-0.4, -0.2) is 25.1 Å². The second-order valence-electron chi connectivity index (χ2n) is 5.89. The van der Waals surface area contributed by atoms with Crippen molar-refractivity contribution < 1.29 is 13.2 Å². The number of rotatable bonds is 5. The molecule has 7 heteroatoms. The third kappa shape index (κ3) is 4.51. The molecule has 0 amide bonds. The van der Waals surface area contributed by atoms with Crippen LogP contribution in [0.4, 0.5) is 13.2 Å². The molecule has 1 aromatic heterocycles. The van der Waals surface area contributed by atoms with E-state index in [1.54, 1.807) is 18.3 Å². The van der Waals surface area contributed by atoms with Crippen molar-refractivity contribution in [2.75, 3.05) is 11.5 Å². The average molecular weight is 372 g/mol. The molecule has 0 unspecified atom stereocenters. The fourth-order valence-corrected chi connectivity index (χ4v) is 6.10. The molecule has 0 aliphatic carbocycles. The zero-order valence-electron chi connectivity index (χ0n) is 13.1. The van der Waals surface area contributed by atoms with Crippen molar-refractivity contribution >= 4 is 23.5 Å². The maximum atomic E-state index is 12.7. The molecule has 0 radical (unpaired) electrons. The smallest absolute Gasteiger partial charge is 0.335 e. The first-order chi connectivity index (χ1) is 11.5. The Balaban J connectivity index is 1.67. The Morgan fingerprint density at radius 1 is 1.12 bits per heavy atom. The third-order valence-corrected chi connectivity index (χ3v) is 7.49. The van der Waals surface area contributed by atoms with Crippen molar-refractivity contribution in [1.29, 1.82) is 0 Å². The maximum Gasteiger partial charge on any atom is 0.416 e. The van der Waals surface area contributed by atoms with Gasteiger partial charge in [-0.05, 0) is 48.5 Å². The summed E-state index contributed by atoms with van der Waals surface area (Å²) in [7, 11) is 0. The monoisotopic (exact) mass is 372 g/mol. The van der Waals surface area contributed by atoms with Gasteiger partial charge >= 0.3 is 6.18 Å². The number of hydrogen-bond donors (Lipinski definition) is 0. The van der Waals surface area contributed by atoms with Crippen LogP contribution < -0.4 is 0 Å². The van der Waals surface area contributed by atoms with Gasteiger partial charge in [0.1, 0.15) is 0 Å². The Hall–Kier alpha value is -1.08. The minimum atomic E-state index is -4.27. The summed E-state index contributed by atoms with van der Waals surface area (Å²) in [4.78, 5) is 4.11. The number of alkyl halides is 3. The second-order valence-corrected chi connectivity index (χ2v) is 9.11. The molecule has 2 aromatic rings. The number of halogens is 3. The minimum Gasteiger partial charge on any atom is -0.335 e. The molecule has 1 saturated heterocycles. The first-order valence-corrected chi connectivity index (χ1v) is 9.84. The molecule has 0 spiro atoms. The molecule has 3 rings (SSSR count). The van der Waals surface area contributed by atoms with Gasteiger partial charge in [-0.15, -0.1) is 23.5 Å². The van der Waals surface area contributed by atoms with E-state index in [0.717, 1.165) is 36.5 Å². The highest BCUT2D eigenvalue weighted by molar-refractivity contribution is 8.18. The van der Waals surface area contributed by atoms with Crippen LogP contribution in [0, 0.1) is 0 Å². The summed E-state index contributed by atoms with van der Waals surface area (Å²) < 4.78 is 40.1. The predicted molar refractivity (Wildman–Crippen MR) is 94.3 cm³/mol. The van der Waals surface area contributed by atoms with Gasteiger partial charge in [0.05, 0.1) is 16.0 Å². The summed E-state index contributed by atoms with van der Waals surface area (Å²) >= 11 is 3.94. The molecule has 0 saturated carbocycles. The maximum absolute atomic E-state index is 12.7. The largest absolute Gasteiger partial charge is 0.416 e. The average Bonchev–Trinajstić information content (AvgIpc) is 3.06. The second kappa shape index (κ2) is 7.44. The molecule has 2 nitrogen and oxygen atoms in total. The van der Waals surface area contributed by atoms with Crippen LogP contribution in [0.2, 0.25) is 0 Å². The van der Waals surface area contributed by atoms with Gasteiger partial charge in [0.25, 0.3) is 0 Å². The van der Waals surface area contributed by atoms with Gasteiger partial charge < -0.3 is 4.57 Å². The molecule has 2 heterocycles. The van der Waals surface area contributed by atoms with Crippen molar-refractivity contribution in [3.63, 3.8) is 0 Å². The van der Waals surface area contributed by atoms with Crippen LogP contribution in [0.15, 0.2) is 43.0 Å². The Labute approximate surface area is 148 Å². The molecule has 1 aliphatic rings. The highest BCUT2D eigenvalue weighted by Crippen LogP contribution is 2.46. The molecular formula is C17H19F3N2S2. The number of aryl methyl sites for hydroxylation is 1. The molecule has 24 heavy (non-hydrogen) atoms. The number of benzene rings is 1. The third-order valence-electron chi connectivity index (χ3n) is 4.08. The summed E-state index contributed by atoms with van der Waals surface area (Å²) in [6.45, 7) is 0.878. The van der Waals surface area contributed by atoms with E-state index in [0.29, 0.717) is 0 Å². The van der Waals surface area contributed by atoms with Gasteiger partial charge in [0.2, 0.25) is 0 Å². The van der Waals surface area contributed by atoms with Crippen molar-refractivity contribution in [1.82, 2.24) is 9.55 Å². The summed E-state index contributed by atoms with van der Waals surface area (Å²) in [5.74, 6) is 2.27. The number of nitrogens with zero attached hydrogens (tertiary/aromatic N) is 2. The van der Waals surface area contributed by atoms with Gasteiger partial charge in [0, 0.05) is 18.9 Å². The molecule has 0 N–H and O–H groups in total. The highest BCUT2D eigenvalue weighted by atomic mass is 32.2. The van der Waals surface area contributed by atoms with Crippen molar-refractivity contribution in [2.45, 2.75) is 36.1 Å². The van der Waals surface area contributed by atoms with E-state index in [4.69, 9.17) is 0 Å². The number of imidazole rings is 1. The van der Waals surface area contributed by atoms with Crippen molar-refractivity contribution in [3.05, 3.63) is 54.1 Å². The van der Waals surface area contributed by atoms with Crippen LogP contribution in [-0.2, 0) is 19.1 Å². The fourth-order valence-electron chi connectivity index (χ4n) is 2.79. The molecular weight excluding hydrogens is 353 g/mol. The summed E-state index contributed by atoms with van der Waals surface area (Å²) in [5, 5.41) is 0. The van der Waals surface area contributed by atoms with Crippen molar-refractivity contribution in [2.24, 2.45) is 0 Å². The van der Waals surface area contributed by atoms with Gasteiger partial charge in [-0.2, -0.15) is 13.2 Å². The van der Waals surface area contributed by atoms with Crippen LogP contribution in [0.1, 0.15) is 24.0 Å². The Kier molecular flexibility index (Phi) is 5.49. The lowest BCUT2D eigenvalue weighted by molar-refractivity contribution is -0.137. The minimum absolute atomic E-state index is 0.0711. The zero-order valence-corrected chi connectivity index (χ0v) is 14.8. The van der Waals surface area contributed by atoms with E-state index in [2.05, 4.69) is 9.55 Å². The fraction of sp³-hybridized carbons (Fsp3) is 0.471. The lowest BCUT2D eigenvalue weighted by atomic mass is 10.1. The summed E-state index contributed by atoms with van der Waals surface area (Å²) in [6, 6.07) is 5.57. The Morgan fingerprint density at radius 2 is 1.83 bits per heavy atom. The standard InChI is InChI=1S/C17H19F3N2S2/c18-17(19,20)15-4-2-14(3-5-15)6-7-16(23-10-1-11-24-16)12-22-9-8-21-13-22/h2-5,8-9,13H,1,6-7,10-12H2. The lowest BCUT2D eigenvalue weighted by Gasteiger charge is -2.36.